The lowest BCUT2D eigenvalue weighted by Gasteiger charge is -1.89. The van der Waals surface area contributed by atoms with Crippen molar-refractivity contribution in [3.05, 3.63) is 59.8 Å². The molecule has 14 heavy (non-hydrogen) atoms. The molecule has 0 spiro atoms. The largest absolute Gasteiger partial charge is 0.0877 e. The molecule has 0 heteroatoms. The van der Waals surface area contributed by atoms with Crippen LogP contribution >= 0.6 is 0 Å². The second kappa shape index (κ2) is 8.31. The molecule has 0 aromatic rings. The van der Waals surface area contributed by atoms with Crippen molar-refractivity contribution in [1.29, 1.82) is 0 Å². The normalized spacial score (nSPS) is 15.1. The molecule has 0 N–H and O–H groups in total. The summed E-state index contributed by atoms with van der Waals surface area (Å²) < 4.78 is 0. The molecule has 0 amide bonds. The Kier molecular flexibility index (Phi) is 7.53. The number of allylic oxidation sites excluding steroid dienone is 10. The third kappa shape index (κ3) is 7.35. The fraction of sp³-hybridized carbons (Fsp3) is 0.286. The maximum atomic E-state index is 2.12. The molecule has 0 fully saturated rings. The van der Waals surface area contributed by atoms with Crippen LogP contribution in [-0.2, 0) is 0 Å². The molecule has 0 nitrogen and oxygen atoms in total. The van der Waals surface area contributed by atoms with E-state index in [9.17, 15) is 0 Å². The molecule has 0 aliphatic rings. The van der Waals surface area contributed by atoms with Crippen LogP contribution in [0.1, 0.15) is 27.7 Å². The highest BCUT2D eigenvalue weighted by molar-refractivity contribution is 5.28. The molecule has 0 bridgehead atoms. The van der Waals surface area contributed by atoms with Gasteiger partial charge in [-0.1, -0.05) is 59.8 Å². The average Bonchev–Trinajstić information content (AvgIpc) is 2.16. The van der Waals surface area contributed by atoms with Gasteiger partial charge >= 0.3 is 0 Å². The van der Waals surface area contributed by atoms with Crippen molar-refractivity contribution >= 4 is 0 Å². The summed E-state index contributed by atoms with van der Waals surface area (Å²) in [4.78, 5) is 0. The quantitative estimate of drug-likeness (QED) is 0.566. The van der Waals surface area contributed by atoms with Crippen LogP contribution < -0.4 is 0 Å². The van der Waals surface area contributed by atoms with Crippen LogP contribution in [0.3, 0.4) is 0 Å². The topological polar surface area (TPSA) is 0 Å². The van der Waals surface area contributed by atoms with Crippen LogP contribution in [0.5, 0.6) is 0 Å². The zero-order valence-corrected chi connectivity index (χ0v) is 9.62. The van der Waals surface area contributed by atoms with E-state index in [1.165, 1.54) is 11.1 Å². The molecule has 0 saturated heterocycles. The SMILES string of the molecule is C\C=C/C(C)=C/C=C(C)\C=C\C=C\C. The van der Waals surface area contributed by atoms with Gasteiger partial charge in [-0.05, 0) is 27.7 Å². The van der Waals surface area contributed by atoms with Gasteiger partial charge in [0.1, 0.15) is 0 Å². The van der Waals surface area contributed by atoms with Gasteiger partial charge in [0.15, 0.2) is 0 Å². The van der Waals surface area contributed by atoms with Crippen molar-refractivity contribution in [2.45, 2.75) is 27.7 Å². The zero-order valence-electron chi connectivity index (χ0n) is 9.62. The molecule has 0 aliphatic heterocycles. The van der Waals surface area contributed by atoms with Crippen LogP contribution in [0.4, 0.5) is 0 Å². The van der Waals surface area contributed by atoms with Gasteiger partial charge in [0.25, 0.3) is 0 Å². The minimum atomic E-state index is 1.26. The van der Waals surface area contributed by atoms with E-state index in [2.05, 4.69) is 38.2 Å². The van der Waals surface area contributed by atoms with Crippen molar-refractivity contribution in [2.24, 2.45) is 0 Å². The van der Waals surface area contributed by atoms with E-state index >= 15 is 0 Å². The molecule has 0 radical (unpaired) electrons. The highest BCUT2D eigenvalue weighted by atomic mass is 13.9. The Morgan fingerprint density at radius 1 is 0.714 bits per heavy atom. The Morgan fingerprint density at radius 2 is 1.29 bits per heavy atom. The van der Waals surface area contributed by atoms with Gasteiger partial charge < -0.3 is 0 Å². The summed E-state index contributed by atoms with van der Waals surface area (Å²) in [6.07, 6.45) is 16.6. The van der Waals surface area contributed by atoms with E-state index in [1.807, 2.05) is 38.2 Å². The van der Waals surface area contributed by atoms with Crippen LogP contribution in [0.25, 0.3) is 0 Å². The van der Waals surface area contributed by atoms with Gasteiger partial charge in [0.2, 0.25) is 0 Å². The molecule has 0 aromatic carbocycles. The first-order valence-corrected chi connectivity index (χ1v) is 4.98. The van der Waals surface area contributed by atoms with Crippen molar-refractivity contribution in [1.82, 2.24) is 0 Å². The highest BCUT2D eigenvalue weighted by Crippen LogP contribution is 2.00. The van der Waals surface area contributed by atoms with Crippen molar-refractivity contribution in [2.75, 3.05) is 0 Å². The van der Waals surface area contributed by atoms with Gasteiger partial charge in [-0.2, -0.15) is 0 Å². The maximum Gasteiger partial charge on any atom is -0.0398 e. The van der Waals surface area contributed by atoms with Gasteiger partial charge in [0.05, 0.1) is 0 Å². The molecule has 0 heterocycles. The Morgan fingerprint density at radius 3 is 1.79 bits per heavy atom. The van der Waals surface area contributed by atoms with E-state index in [1.54, 1.807) is 0 Å². The van der Waals surface area contributed by atoms with Gasteiger partial charge in [0, 0.05) is 0 Å². The summed E-state index contributed by atoms with van der Waals surface area (Å²) in [5, 5.41) is 0. The summed E-state index contributed by atoms with van der Waals surface area (Å²) in [6, 6.07) is 0. The van der Waals surface area contributed by atoms with Gasteiger partial charge in [-0.15, -0.1) is 0 Å². The minimum Gasteiger partial charge on any atom is -0.0877 e. The summed E-state index contributed by atoms with van der Waals surface area (Å²) >= 11 is 0. The first kappa shape index (κ1) is 12.7. The monoisotopic (exact) mass is 188 g/mol. The zero-order chi connectivity index (χ0) is 10.8. The number of hydrogen-bond donors (Lipinski definition) is 0. The molecule has 0 saturated carbocycles. The molecular weight excluding hydrogens is 168 g/mol. The molecule has 0 atom stereocenters. The van der Waals surface area contributed by atoms with Crippen molar-refractivity contribution in [3.8, 4) is 0 Å². The Bertz CT molecular complexity index is 283. The van der Waals surface area contributed by atoms with Crippen molar-refractivity contribution in [3.63, 3.8) is 0 Å². The first-order chi connectivity index (χ1) is 6.70. The van der Waals surface area contributed by atoms with E-state index in [0.29, 0.717) is 0 Å². The second-order valence-corrected chi connectivity index (χ2v) is 3.21. The standard InChI is InChI=1S/C14H20/c1-5-7-8-10-14(4)12-11-13(3)9-6-2/h5-12H,1-4H3/b7-5+,9-6-,10-8+,13-11+,14-12-. The lowest BCUT2D eigenvalue weighted by atomic mass is 10.2. The third-order valence-electron chi connectivity index (χ3n) is 1.70. The van der Waals surface area contributed by atoms with Crippen LogP contribution in [0.15, 0.2) is 59.8 Å². The second-order valence-electron chi connectivity index (χ2n) is 3.21. The number of hydrogen-bond acceptors (Lipinski definition) is 0. The lowest BCUT2D eigenvalue weighted by Crippen LogP contribution is -1.68. The Balaban J connectivity index is 4.31. The summed E-state index contributed by atoms with van der Waals surface area (Å²) in [5.74, 6) is 0. The molecule has 0 aromatic heterocycles. The van der Waals surface area contributed by atoms with Gasteiger partial charge in [-0.3, -0.25) is 0 Å². The highest BCUT2D eigenvalue weighted by Gasteiger charge is 1.79. The fourth-order valence-corrected chi connectivity index (χ4v) is 0.955. The first-order valence-electron chi connectivity index (χ1n) is 4.98. The van der Waals surface area contributed by atoms with Crippen molar-refractivity contribution < 1.29 is 0 Å². The Labute approximate surface area is 88.0 Å². The number of rotatable bonds is 4. The van der Waals surface area contributed by atoms with Gasteiger partial charge in [-0.25, -0.2) is 0 Å². The van der Waals surface area contributed by atoms with Crippen LogP contribution in [0, 0.1) is 0 Å². The predicted molar refractivity (Wildman–Crippen MR) is 66.3 cm³/mol. The third-order valence-corrected chi connectivity index (χ3v) is 1.70. The summed E-state index contributed by atoms with van der Waals surface area (Å²) in [5.41, 5.74) is 2.53. The Hall–Kier alpha value is -1.30. The summed E-state index contributed by atoms with van der Waals surface area (Å²) in [7, 11) is 0. The van der Waals surface area contributed by atoms with E-state index < -0.39 is 0 Å². The van der Waals surface area contributed by atoms with Crippen LogP contribution in [0.2, 0.25) is 0 Å². The molecule has 76 valence electrons. The molecular formula is C14H20. The lowest BCUT2D eigenvalue weighted by molar-refractivity contribution is 1.46. The van der Waals surface area contributed by atoms with Crippen LogP contribution in [-0.4, -0.2) is 0 Å². The summed E-state index contributed by atoms with van der Waals surface area (Å²) in [6.45, 7) is 8.23. The average molecular weight is 188 g/mol. The molecule has 0 rings (SSSR count). The van der Waals surface area contributed by atoms with E-state index in [4.69, 9.17) is 0 Å². The van der Waals surface area contributed by atoms with E-state index in [-0.39, 0.29) is 0 Å². The molecule has 0 unspecified atom stereocenters. The molecule has 0 aliphatic carbocycles. The fourth-order valence-electron chi connectivity index (χ4n) is 0.955. The maximum absolute atomic E-state index is 2.12. The predicted octanol–water partition coefficient (Wildman–Crippen LogP) is 4.59. The van der Waals surface area contributed by atoms with E-state index in [0.717, 1.165) is 0 Å². The minimum absolute atomic E-state index is 1.26. The smallest absolute Gasteiger partial charge is 0.0398 e.